The second-order valence-electron chi connectivity index (χ2n) is 14.4. The second-order valence-corrected chi connectivity index (χ2v) is 14.4. The van der Waals surface area contributed by atoms with Crippen molar-refractivity contribution in [3.8, 4) is 11.5 Å². The summed E-state index contributed by atoms with van der Waals surface area (Å²) in [5, 5.41) is 3.58. The lowest BCUT2D eigenvalue weighted by Gasteiger charge is -2.40. The molecule has 2 aliphatic heterocycles. The van der Waals surface area contributed by atoms with Crippen LogP contribution in [0, 0.1) is 0 Å². The average molecular weight is 688 g/mol. The first-order chi connectivity index (χ1) is 24.2. The van der Waals surface area contributed by atoms with Crippen molar-refractivity contribution in [3.05, 3.63) is 89.0 Å². The Hall–Kier alpha value is -3.79. The van der Waals surface area contributed by atoms with Gasteiger partial charge in [-0.15, -0.1) is 0 Å². The van der Waals surface area contributed by atoms with Gasteiger partial charge >= 0.3 is 6.09 Å². The van der Waals surface area contributed by atoms with Crippen molar-refractivity contribution in [1.82, 2.24) is 4.90 Å². The molecule has 0 radical (unpaired) electrons. The van der Waals surface area contributed by atoms with Crippen LogP contribution < -0.4 is 20.5 Å². The molecule has 0 aliphatic carbocycles. The predicted octanol–water partition coefficient (Wildman–Crippen LogP) is 8.02. The Bertz CT molecular complexity index is 1490. The molecule has 0 aromatic heterocycles. The lowest BCUT2D eigenvalue weighted by molar-refractivity contribution is -0.0681. The van der Waals surface area contributed by atoms with E-state index in [1.165, 1.54) is 22.4 Å². The third-order valence-corrected chi connectivity index (χ3v) is 9.37. The maximum atomic E-state index is 13.2. The fraction of sp³-hybridized carbons (Fsp3) is 0.537. The Morgan fingerprint density at radius 3 is 2.62 bits per heavy atom. The van der Waals surface area contributed by atoms with Gasteiger partial charge in [0.25, 0.3) is 0 Å². The minimum Gasteiger partial charge on any atom is -0.496 e. The van der Waals surface area contributed by atoms with Crippen LogP contribution in [0.15, 0.2) is 66.7 Å². The maximum absolute atomic E-state index is 13.2. The summed E-state index contributed by atoms with van der Waals surface area (Å²) in [6, 6.07) is 23.0. The number of piperidine rings is 1. The number of ether oxygens (including phenoxy) is 5. The van der Waals surface area contributed by atoms with Crippen molar-refractivity contribution in [2.45, 2.75) is 96.1 Å². The largest absolute Gasteiger partial charge is 0.496 e. The average Bonchev–Trinajstić information content (AvgIpc) is 3.12. The molecule has 2 aliphatic rings. The first kappa shape index (κ1) is 37.5. The molecule has 1 saturated heterocycles. The molecule has 3 atom stereocenters. The lowest BCUT2D eigenvalue weighted by atomic mass is 9.86. The van der Waals surface area contributed by atoms with E-state index in [-0.39, 0.29) is 24.2 Å². The van der Waals surface area contributed by atoms with Crippen molar-refractivity contribution in [2.75, 3.05) is 51.8 Å². The van der Waals surface area contributed by atoms with Gasteiger partial charge in [-0.05, 0) is 107 Å². The third-order valence-electron chi connectivity index (χ3n) is 9.37. The molecular weight excluding hydrogens is 630 g/mol. The number of hydrogen-bond acceptors (Lipinski definition) is 8. The zero-order valence-corrected chi connectivity index (χ0v) is 30.5. The number of likely N-dealkylation sites (tertiary alicyclic amines) is 1. The standard InChI is InChI=1S/C41H57N3O6/c1-41(2,3)50-40(45)44-24-21-35(30-17-19-34(20-18-30)48-26-10-25-47-29-33-11-5-6-13-37(33)46-4)39(28-44)49-38(14-7-8-22-42)32-16-15-31-12-9-23-43-36(31)27-32/h5-6,11,13,15-20,27,35,38-39,43H,7-10,12,14,21-26,28-29,42H2,1-4H3/t35-,38?,39+/m1/s1. The molecule has 3 aromatic rings. The molecule has 9 nitrogen and oxygen atoms in total. The first-order valence-electron chi connectivity index (χ1n) is 18.4. The molecule has 5 rings (SSSR count). The number of nitrogens with one attached hydrogen (secondary N) is 1. The molecular formula is C41H57N3O6. The van der Waals surface area contributed by atoms with Gasteiger partial charge in [-0.3, -0.25) is 0 Å². The van der Waals surface area contributed by atoms with Crippen LogP contribution in [-0.4, -0.2) is 69.2 Å². The number of anilines is 1. The number of benzene rings is 3. The normalized spacial score (nSPS) is 18.1. The van der Waals surface area contributed by atoms with Gasteiger partial charge in [0.2, 0.25) is 0 Å². The van der Waals surface area contributed by atoms with Gasteiger partial charge < -0.3 is 39.6 Å². The van der Waals surface area contributed by atoms with Crippen LogP contribution in [0.25, 0.3) is 0 Å². The second kappa shape index (κ2) is 18.4. The summed E-state index contributed by atoms with van der Waals surface area (Å²) in [6.07, 6.45) is 5.94. The highest BCUT2D eigenvalue weighted by Gasteiger charge is 2.37. The van der Waals surface area contributed by atoms with Crippen molar-refractivity contribution >= 4 is 11.8 Å². The van der Waals surface area contributed by atoms with E-state index >= 15 is 0 Å². The van der Waals surface area contributed by atoms with Gasteiger partial charge in [-0.25, -0.2) is 4.79 Å². The zero-order chi connectivity index (χ0) is 35.3. The van der Waals surface area contributed by atoms with Gasteiger partial charge in [0, 0.05) is 36.7 Å². The van der Waals surface area contributed by atoms with Gasteiger partial charge in [0.1, 0.15) is 17.1 Å². The molecule has 272 valence electrons. The number of amides is 1. The minimum absolute atomic E-state index is 0.110. The van der Waals surface area contributed by atoms with Crippen LogP contribution in [-0.2, 0) is 27.2 Å². The molecule has 9 heteroatoms. The number of hydrogen-bond donors (Lipinski definition) is 2. The number of para-hydroxylation sites is 1. The van der Waals surface area contributed by atoms with E-state index in [1.54, 1.807) is 7.11 Å². The Kier molecular flexibility index (Phi) is 13.8. The van der Waals surface area contributed by atoms with Crippen molar-refractivity contribution in [2.24, 2.45) is 5.73 Å². The number of fused-ring (bicyclic) bond motifs is 1. The summed E-state index contributed by atoms with van der Waals surface area (Å²) in [6.45, 7) is 10.1. The lowest BCUT2D eigenvalue weighted by Crippen LogP contribution is -2.48. The number of unbranched alkanes of at least 4 members (excludes halogenated alkanes) is 1. The molecule has 0 saturated carbocycles. The Morgan fingerprint density at radius 1 is 1.02 bits per heavy atom. The highest BCUT2D eigenvalue weighted by Crippen LogP contribution is 2.38. The van der Waals surface area contributed by atoms with Crippen LogP contribution in [0.3, 0.4) is 0 Å². The maximum Gasteiger partial charge on any atom is 0.410 e. The molecule has 1 fully saturated rings. The predicted molar refractivity (Wildman–Crippen MR) is 198 cm³/mol. The van der Waals surface area contributed by atoms with E-state index in [0.717, 1.165) is 68.6 Å². The quantitative estimate of drug-likeness (QED) is 0.146. The van der Waals surface area contributed by atoms with Gasteiger partial charge in [0.05, 0.1) is 45.7 Å². The molecule has 3 N–H and O–H groups in total. The number of aryl methyl sites for hydroxylation is 1. The molecule has 0 spiro atoms. The van der Waals surface area contributed by atoms with Crippen LogP contribution in [0.2, 0.25) is 0 Å². The fourth-order valence-electron chi connectivity index (χ4n) is 6.77. The smallest absolute Gasteiger partial charge is 0.410 e. The van der Waals surface area contributed by atoms with Crippen molar-refractivity contribution < 1.29 is 28.5 Å². The summed E-state index contributed by atoms with van der Waals surface area (Å²) >= 11 is 0. The summed E-state index contributed by atoms with van der Waals surface area (Å²) in [5.41, 5.74) is 11.3. The van der Waals surface area contributed by atoms with Crippen molar-refractivity contribution in [1.29, 1.82) is 0 Å². The molecule has 1 unspecified atom stereocenters. The van der Waals surface area contributed by atoms with E-state index in [9.17, 15) is 4.79 Å². The highest BCUT2D eigenvalue weighted by molar-refractivity contribution is 5.68. The first-order valence-corrected chi connectivity index (χ1v) is 18.4. The van der Waals surface area contributed by atoms with Gasteiger partial charge in [0.15, 0.2) is 0 Å². The van der Waals surface area contributed by atoms with E-state index in [4.69, 9.17) is 29.4 Å². The van der Waals surface area contributed by atoms with E-state index in [0.29, 0.717) is 39.5 Å². The number of carbonyl (C=O) groups is 1. The molecule has 2 heterocycles. The highest BCUT2D eigenvalue weighted by atomic mass is 16.6. The monoisotopic (exact) mass is 687 g/mol. The fourth-order valence-corrected chi connectivity index (χ4v) is 6.77. The van der Waals surface area contributed by atoms with E-state index in [2.05, 4.69) is 35.6 Å². The number of nitrogens with two attached hydrogens (primary N) is 1. The van der Waals surface area contributed by atoms with Gasteiger partial charge in [-0.1, -0.05) is 42.5 Å². The molecule has 1 amide bonds. The number of methoxy groups -OCH3 is 1. The van der Waals surface area contributed by atoms with E-state index in [1.807, 2.05) is 62.1 Å². The Balaban J connectivity index is 1.24. The summed E-state index contributed by atoms with van der Waals surface area (Å²) in [7, 11) is 1.67. The minimum atomic E-state index is -0.567. The number of carbonyl (C=O) groups excluding carboxylic acids is 1. The molecule has 50 heavy (non-hydrogen) atoms. The summed E-state index contributed by atoms with van der Waals surface area (Å²) in [5.74, 6) is 1.77. The van der Waals surface area contributed by atoms with Crippen LogP contribution in [0.1, 0.15) is 93.6 Å². The van der Waals surface area contributed by atoms with Gasteiger partial charge in [-0.2, -0.15) is 0 Å². The molecule has 3 aromatic carbocycles. The third kappa shape index (κ3) is 10.9. The SMILES string of the molecule is COc1ccccc1COCCCOc1ccc([C@H]2CCN(C(=O)OC(C)(C)C)C[C@@H]2OC(CCCCN)c2ccc3c(c2)NCCC3)cc1. The zero-order valence-electron chi connectivity index (χ0n) is 30.5. The molecule has 0 bridgehead atoms. The number of rotatable bonds is 16. The number of nitrogens with zero attached hydrogens (tertiary/aromatic N) is 1. The van der Waals surface area contributed by atoms with Crippen LogP contribution >= 0.6 is 0 Å². The van der Waals surface area contributed by atoms with Crippen LogP contribution in [0.4, 0.5) is 10.5 Å². The summed E-state index contributed by atoms with van der Waals surface area (Å²) in [4.78, 5) is 15.0. The summed E-state index contributed by atoms with van der Waals surface area (Å²) < 4.78 is 30.2. The Morgan fingerprint density at radius 2 is 1.84 bits per heavy atom. The topological polar surface area (TPSA) is 105 Å². The van der Waals surface area contributed by atoms with Crippen molar-refractivity contribution in [3.63, 3.8) is 0 Å². The van der Waals surface area contributed by atoms with E-state index < -0.39 is 5.60 Å². The Labute approximate surface area is 298 Å². The van der Waals surface area contributed by atoms with Crippen LogP contribution in [0.5, 0.6) is 11.5 Å².